The zero-order valence-corrected chi connectivity index (χ0v) is 10.2. The SMILES string of the molecule is C=C1C=NC=C(CC)N1/C(=C\CC)C(C)=O. The van der Waals surface area contributed by atoms with Crippen LogP contribution in [0.3, 0.4) is 0 Å². The van der Waals surface area contributed by atoms with E-state index in [1.807, 2.05) is 24.8 Å². The van der Waals surface area contributed by atoms with Gasteiger partial charge in [-0.2, -0.15) is 0 Å². The first-order valence-electron chi connectivity index (χ1n) is 5.54. The van der Waals surface area contributed by atoms with E-state index < -0.39 is 0 Å². The molecule has 1 heterocycles. The van der Waals surface area contributed by atoms with Gasteiger partial charge in [-0.25, -0.2) is 0 Å². The summed E-state index contributed by atoms with van der Waals surface area (Å²) in [6, 6.07) is 0. The fraction of sp³-hybridized carbons (Fsp3) is 0.385. The van der Waals surface area contributed by atoms with E-state index >= 15 is 0 Å². The summed E-state index contributed by atoms with van der Waals surface area (Å²) in [6.45, 7) is 9.55. The predicted octanol–water partition coefficient (Wildman–Crippen LogP) is 3.02. The molecule has 16 heavy (non-hydrogen) atoms. The maximum atomic E-state index is 11.6. The molecule has 0 saturated heterocycles. The zero-order valence-electron chi connectivity index (χ0n) is 10.2. The van der Waals surface area contributed by atoms with Crippen LogP contribution in [0.25, 0.3) is 0 Å². The summed E-state index contributed by atoms with van der Waals surface area (Å²) < 4.78 is 0. The van der Waals surface area contributed by atoms with E-state index in [2.05, 4.69) is 11.6 Å². The van der Waals surface area contributed by atoms with Gasteiger partial charge in [-0.1, -0.05) is 26.5 Å². The van der Waals surface area contributed by atoms with Crippen molar-refractivity contribution < 1.29 is 4.79 Å². The Labute approximate surface area is 96.9 Å². The minimum atomic E-state index is 0.0534. The lowest BCUT2D eigenvalue weighted by atomic mass is 10.1. The molecule has 0 N–H and O–H groups in total. The van der Waals surface area contributed by atoms with E-state index in [1.165, 1.54) is 0 Å². The standard InChI is InChI=1S/C13H18N2O/c1-5-7-13(11(4)16)15-10(3)8-14-9-12(15)6-2/h7-9H,3,5-6H2,1-2,4H3/b13-7-. The molecule has 0 spiro atoms. The third-order valence-electron chi connectivity index (χ3n) is 2.38. The van der Waals surface area contributed by atoms with Crippen molar-refractivity contribution in [1.82, 2.24) is 4.90 Å². The third kappa shape index (κ3) is 2.48. The number of ketones is 1. The van der Waals surface area contributed by atoms with Gasteiger partial charge < -0.3 is 4.90 Å². The summed E-state index contributed by atoms with van der Waals surface area (Å²) in [5.41, 5.74) is 2.43. The fourth-order valence-corrected chi connectivity index (χ4v) is 1.65. The molecule has 0 fully saturated rings. The Kier molecular flexibility index (Phi) is 4.23. The Morgan fingerprint density at radius 2 is 2.25 bits per heavy atom. The predicted molar refractivity (Wildman–Crippen MR) is 66.9 cm³/mol. The number of nitrogens with zero attached hydrogens (tertiary/aromatic N) is 2. The molecule has 0 aromatic rings. The zero-order chi connectivity index (χ0) is 12.1. The number of aliphatic imine (C=N–C) groups is 1. The molecule has 0 unspecified atom stereocenters. The van der Waals surface area contributed by atoms with Gasteiger partial charge in [0.1, 0.15) is 0 Å². The summed E-state index contributed by atoms with van der Waals surface area (Å²) in [5, 5.41) is 0. The highest BCUT2D eigenvalue weighted by Crippen LogP contribution is 2.24. The average molecular weight is 218 g/mol. The van der Waals surface area contributed by atoms with E-state index in [0.29, 0.717) is 5.70 Å². The Hall–Kier alpha value is -1.64. The van der Waals surface area contributed by atoms with E-state index in [4.69, 9.17) is 0 Å². The highest BCUT2D eigenvalue weighted by Gasteiger charge is 2.20. The molecule has 3 nitrogen and oxygen atoms in total. The van der Waals surface area contributed by atoms with Crippen LogP contribution in [0.1, 0.15) is 33.6 Å². The first-order chi connectivity index (χ1) is 7.61. The molecule has 1 rings (SSSR count). The molecule has 0 aromatic carbocycles. The van der Waals surface area contributed by atoms with Gasteiger partial charge in [0.05, 0.1) is 17.6 Å². The highest BCUT2D eigenvalue weighted by atomic mass is 16.1. The van der Waals surface area contributed by atoms with Gasteiger partial charge >= 0.3 is 0 Å². The van der Waals surface area contributed by atoms with Crippen molar-refractivity contribution in [2.45, 2.75) is 33.6 Å². The molecule has 0 saturated carbocycles. The van der Waals surface area contributed by atoms with E-state index in [1.54, 1.807) is 19.3 Å². The minimum absolute atomic E-state index is 0.0534. The Morgan fingerprint density at radius 1 is 1.56 bits per heavy atom. The lowest BCUT2D eigenvalue weighted by Crippen LogP contribution is -2.27. The number of hydrogen-bond acceptors (Lipinski definition) is 3. The second-order valence-electron chi connectivity index (χ2n) is 3.63. The van der Waals surface area contributed by atoms with Gasteiger partial charge in [0, 0.05) is 18.8 Å². The Morgan fingerprint density at radius 3 is 2.75 bits per heavy atom. The van der Waals surface area contributed by atoms with Crippen LogP contribution in [-0.4, -0.2) is 16.9 Å². The van der Waals surface area contributed by atoms with Gasteiger partial charge in [-0.3, -0.25) is 9.79 Å². The number of carbonyl (C=O) groups excluding carboxylic acids is 1. The lowest BCUT2D eigenvalue weighted by Gasteiger charge is -2.29. The van der Waals surface area contributed by atoms with Crippen molar-refractivity contribution in [3.05, 3.63) is 35.9 Å². The number of carbonyl (C=O) groups is 1. The summed E-state index contributed by atoms with van der Waals surface area (Å²) in [4.78, 5) is 17.6. The van der Waals surface area contributed by atoms with Crippen LogP contribution >= 0.6 is 0 Å². The quantitative estimate of drug-likeness (QED) is 0.679. The van der Waals surface area contributed by atoms with Crippen molar-refractivity contribution in [2.75, 3.05) is 0 Å². The van der Waals surface area contributed by atoms with E-state index in [9.17, 15) is 4.79 Å². The monoisotopic (exact) mass is 218 g/mol. The maximum absolute atomic E-state index is 11.6. The van der Waals surface area contributed by atoms with Gasteiger partial charge in [0.25, 0.3) is 0 Å². The average Bonchev–Trinajstić information content (AvgIpc) is 2.26. The van der Waals surface area contributed by atoms with Crippen LogP contribution in [0.2, 0.25) is 0 Å². The summed E-state index contributed by atoms with van der Waals surface area (Å²) in [6.07, 6.45) is 7.03. The maximum Gasteiger partial charge on any atom is 0.176 e. The van der Waals surface area contributed by atoms with Crippen molar-refractivity contribution in [1.29, 1.82) is 0 Å². The fourth-order valence-electron chi connectivity index (χ4n) is 1.65. The Balaban J connectivity index is 3.13. The largest absolute Gasteiger partial charge is 0.309 e. The molecule has 0 aromatic heterocycles. The van der Waals surface area contributed by atoms with Crippen LogP contribution in [0.15, 0.2) is 40.9 Å². The normalized spacial score (nSPS) is 16.4. The van der Waals surface area contributed by atoms with Crippen LogP contribution in [0, 0.1) is 0 Å². The second kappa shape index (κ2) is 5.45. The molecule has 3 heteroatoms. The van der Waals surface area contributed by atoms with Crippen LogP contribution in [-0.2, 0) is 4.79 Å². The van der Waals surface area contributed by atoms with Gasteiger partial charge in [-0.15, -0.1) is 0 Å². The first kappa shape index (κ1) is 12.4. The first-order valence-corrected chi connectivity index (χ1v) is 5.54. The van der Waals surface area contributed by atoms with Gasteiger partial charge in [0.2, 0.25) is 0 Å². The number of allylic oxidation sites excluding steroid dienone is 4. The van der Waals surface area contributed by atoms with Crippen LogP contribution < -0.4 is 0 Å². The molecule has 0 aliphatic carbocycles. The molecule has 1 aliphatic rings. The van der Waals surface area contributed by atoms with E-state index in [0.717, 1.165) is 24.2 Å². The molecule has 0 amide bonds. The van der Waals surface area contributed by atoms with Crippen molar-refractivity contribution >= 4 is 12.0 Å². The molecule has 0 radical (unpaired) electrons. The smallest absolute Gasteiger partial charge is 0.176 e. The molecule has 86 valence electrons. The minimum Gasteiger partial charge on any atom is -0.309 e. The third-order valence-corrected chi connectivity index (χ3v) is 2.38. The van der Waals surface area contributed by atoms with Crippen molar-refractivity contribution in [3.8, 4) is 0 Å². The molecule has 1 aliphatic heterocycles. The molecular weight excluding hydrogens is 200 g/mol. The summed E-state index contributed by atoms with van der Waals surface area (Å²) >= 11 is 0. The highest BCUT2D eigenvalue weighted by molar-refractivity contribution is 5.95. The van der Waals surface area contributed by atoms with Crippen molar-refractivity contribution in [2.24, 2.45) is 4.99 Å². The second-order valence-corrected chi connectivity index (χ2v) is 3.63. The summed E-state index contributed by atoms with van der Waals surface area (Å²) in [5.74, 6) is 0.0534. The van der Waals surface area contributed by atoms with Crippen molar-refractivity contribution in [3.63, 3.8) is 0 Å². The lowest BCUT2D eigenvalue weighted by molar-refractivity contribution is -0.114. The van der Waals surface area contributed by atoms with E-state index in [-0.39, 0.29) is 5.78 Å². The Bertz CT molecular complexity index is 389. The van der Waals surface area contributed by atoms with Gasteiger partial charge in [-0.05, 0) is 12.8 Å². The number of rotatable bonds is 4. The van der Waals surface area contributed by atoms with Gasteiger partial charge in [0.15, 0.2) is 5.78 Å². The van der Waals surface area contributed by atoms with Crippen LogP contribution in [0.4, 0.5) is 0 Å². The number of hydrogen-bond donors (Lipinski definition) is 0. The molecule has 0 bridgehead atoms. The number of Topliss-reactive ketones (excluding diaryl/α,β-unsaturated/α-hetero) is 1. The van der Waals surface area contributed by atoms with Crippen LogP contribution in [0.5, 0.6) is 0 Å². The summed E-state index contributed by atoms with van der Waals surface area (Å²) in [7, 11) is 0. The topological polar surface area (TPSA) is 32.7 Å². The molecular formula is C13H18N2O. The molecule has 0 atom stereocenters.